The summed E-state index contributed by atoms with van der Waals surface area (Å²) in [5.41, 5.74) is -0.0457. The van der Waals surface area contributed by atoms with Gasteiger partial charge in [-0.2, -0.15) is 5.10 Å². The molecule has 8 heteroatoms. The van der Waals surface area contributed by atoms with Crippen molar-refractivity contribution in [2.24, 2.45) is 0 Å². The van der Waals surface area contributed by atoms with E-state index in [4.69, 9.17) is 4.74 Å². The number of thiophene rings is 1. The second kappa shape index (κ2) is 8.45. The number of methoxy groups -OCH3 is 1. The van der Waals surface area contributed by atoms with E-state index in [0.717, 1.165) is 42.9 Å². The van der Waals surface area contributed by atoms with Crippen LogP contribution in [0.2, 0.25) is 0 Å². The molecule has 1 saturated heterocycles. The Balaban J connectivity index is 1.51. The van der Waals surface area contributed by atoms with Gasteiger partial charge in [0.1, 0.15) is 5.82 Å². The topological polar surface area (TPSA) is 69.4 Å². The summed E-state index contributed by atoms with van der Waals surface area (Å²) in [5, 5.41) is 6.64. The largest absolute Gasteiger partial charge is 0.383 e. The summed E-state index contributed by atoms with van der Waals surface area (Å²) >= 11 is 1.61. The number of carbonyl (C=O) groups is 1. The van der Waals surface area contributed by atoms with E-state index < -0.39 is 0 Å². The Bertz CT molecular complexity index is 895. The van der Waals surface area contributed by atoms with Crippen LogP contribution < -0.4 is 5.69 Å². The molecule has 0 spiro atoms. The monoisotopic (exact) mass is 402 g/mol. The predicted octanol–water partition coefficient (Wildman–Crippen LogP) is 2.51. The number of rotatable bonds is 7. The molecule has 2 fully saturated rings. The molecule has 2 aliphatic rings. The summed E-state index contributed by atoms with van der Waals surface area (Å²) in [4.78, 5) is 28.4. The van der Waals surface area contributed by atoms with Gasteiger partial charge in [0.2, 0.25) is 5.91 Å². The highest BCUT2D eigenvalue weighted by Crippen LogP contribution is 2.37. The maximum absolute atomic E-state index is 12.8. The number of ether oxygens (including phenoxy) is 1. The number of piperidine rings is 1. The molecule has 2 aromatic heterocycles. The van der Waals surface area contributed by atoms with Gasteiger partial charge in [0.05, 0.1) is 13.2 Å². The molecule has 28 heavy (non-hydrogen) atoms. The lowest BCUT2D eigenvalue weighted by molar-refractivity contribution is -0.127. The fourth-order valence-corrected chi connectivity index (χ4v) is 4.37. The summed E-state index contributed by atoms with van der Waals surface area (Å²) in [7, 11) is 1.62. The smallest absolute Gasteiger partial charge is 0.346 e. The van der Waals surface area contributed by atoms with Crippen molar-refractivity contribution in [2.45, 2.75) is 44.2 Å². The van der Waals surface area contributed by atoms with E-state index in [-0.39, 0.29) is 23.6 Å². The normalized spacial score (nSPS) is 20.2. The quantitative estimate of drug-likeness (QED) is 0.668. The van der Waals surface area contributed by atoms with Crippen molar-refractivity contribution in [3.05, 3.63) is 44.8 Å². The van der Waals surface area contributed by atoms with Crippen molar-refractivity contribution in [1.82, 2.24) is 19.2 Å². The Hall–Kier alpha value is -2.19. The maximum Gasteiger partial charge on any atom is 0.346 e. The Morgan fingerprint density at radius 1 is 1.39 bits per heavy atom. The van der Waals surface area contributed by atoms with Gasteiger partial charge < -0.3 is 9.64 Å². The number of carbonyl (C=O) groups excluding carboxylic acids is 1. The van der Waals surface area contributed by atoms with Crippen LogP contribution >= 0.6 is 11.3 Å². The molecule has 1 unspecified atom stereocenters. The molecule has 150 valence electrons. The molecule has 0 bridgehead atoms. The molecule has 0 radical (unpaired) electrons. The van der Waals surface area contributed by atoms with E-state index in [0.29, 0.717) is 19.7 Å². The van der Waals surface area contributed by atoms with Crippen molar-refractivity contribution < 1.29 is 9.53 Å². The van der Waals surface area contributed by atoms with Gasteiger partial charge in [-0.3, -0.25) is 9.36 Å². The zero-order chi connectivity index (χ0) is 19.5. The molecular formula is C20H26N4O3S. The molecular weight excluding hydrogens is 376 g/mol. The van der Waals surface area contributed by atoms with Crippen LogP contribution in [0.5, 0.6) is 0 Å². The molecule has 1 amide bonds. The van der Waals surface area contributed by atoms with Crippen LogP contribution in [0.15, 0.2) is 28.4 Å². The molecule has 3 heterocycles. The average molecular weight is 403 g/mol. The average Bonchev–Trinajstić information content (AvgIpc) is 3.30. The molecule has 0 aromatic carbocycles. The first kappa shape index (κ1) is 19.1. The fraction of sp³-hybridized carbons (Fsp3) is 0.550. The maximum atomic E-state index is 12.8. The lowest BCUT2D eigenvalue weighted by Gasteiger charge is -2.31. The molecule has 4 rings (SSSR count). The van der Waals surface area contributed by atoms with Crippen LogP contribution in [-0.2, 0) is 16.1 Å². The van der Waals surface area contributed by atoms with Crippen LogP contribution in [0.25, 0.3) is 6.08 Å². The number of nitrogens with zero attached hydrogens (tertiary/aromatic N) is 4. The highest BCUT2D eigenvalue weighted by molar-refractivity contribution is 7.10. The Morgan fingerprint density at radius 2 is 2.25 bits per heavy atom. The Morgan fingerprint density at radius 3 is 2.96 bits per heavy atom. The van der Waals surface area contributed by atoms with Gasteiger partial charge in [-0.15, -0.1) is 11.3 Å². The zero-order valence-electron chi connectivity index (χ0n) is 16.1. The van der Waals surface area contributed by atoms with E-state index in [1.807, 2.05) is 33.1 Å². The minimum Gasteiger partial charge on any atom is -0.383 e. The van der Waals surface area contributed by atoms with Gasteiger partial charge in [0, 0.05) is 43.1 Å². The summed E-state index contributed by atoms with van der Waals surface area (Å²) in [6, 6.07) is 4.24. The second-order valence-electron chi connectivity index (χ2n) is 7.43. The third kappa shape index (κ3) is 4.12. The molecule has 1 saturated carbocycles. The van der Waals surface area contributed by atoms with Gasteiger partial charge in [-0.25, -0.2) is 9.48 Å². The zero-order valence-corrected chi connectivity index (χ0v) is 16.9. The molecule has 0 N–H and O–H groups in total. The molecule has 1 aliphatic heterocycles. The van der Waals surface area contributed by atoms with Gasteiger partial charge in [0.25, 0.3) is 0 Å². The van der Waals surface area contributed by atoms with E-state index in [2.05, 4.69) is 5.10 Å². The minimum atomic E-state index is -0.0457. The van der Waals surface area contributed by atoms with E-state index in [1.165, 1.54) is 4.68 Å². The van der Waals surface area contributed by atoms with Crippen molar-refractivity contribution in [1.29, 1.82) is 0 Å². The lowest BCUT2D eigenvalue weighted by atomic mass is 9.97. The standard InChI is InChI=1S/C20H26N4O3S/c1-27-12-11-23-20(26)24(16-6-7-16)19(21-23)15-4-2-10-22(14-15)18(25)9-8-17-5-3-13-28-17/h3,5,8-9,13,15-16H,2,4,6-7,10-12,14H2,1H3/b9-8+. The summed E-state index contributed by atoms with van der Waals surface area (Å²) in [6.45, 7) is 2.29. The van der Waals surface area contributed by atoms with E-state index in [9.17, 15) is 9.59 Å². The summed E-state index contributed by atoms with van der Waals surface area (Å²) < 4.78 is 8.50. The van der Waals surface area contributed by atoms with Gasteiger partial charge >= 0.3 is 5.69 Å². The molecule has 1 aliphatic carbocycles. The first-order valence-electron chi connectivity index (χ1n) is 9.86. The third-order valence-electron chi connectivity index (χ3n) is 5.35. The van der Waals surface area contributed by atoms with Crippen LogP contribution in [0.4, 0.5) is 0 Å². The van der Waals surface area contributed by atoms with Crippen LogP contribution in [0.3, 0.4) is 0 Å². The van der Waals surface area contributed by atoms with E-state index >= 15 is 0 Å². The number of hydrogen-bond donors (Lipinski definition) is 0. The van der Waals surface area contributed by atoms with Crippen molar-refractivity contribution in [2.75, 3.05) is 26.8 Å². The van der Waals surface area contributed by atoms with Gasteiger partial charge in [-0.1, -0.05) is 6.07 Å². The van der Waals surface area contributed by atoms with Crippen molar-refractivity contribution >= 4 is 23.3 Å². The highest BCUT2D eigenvalue weighted by atomic mass is 32.1. The van der Waals surface area contributed by atoms with Crippen molar-refractivity contribution in [3.8, 4) is 0 Å². The number of amides is 1. The second-order valence-corrected chi connectivity index (χ2v) is 8.41. The summed E-state index contributed by atoms with van der Waals surface area (Å²) in [6.07, 6.45) is 7.46. The predicted molar refractivity (Wildman–Crippen MR) is 109 cm³/mol. The first-order chi connectivity index (χ1) is 13.7. The number of hydrogen-bond acceptors (Lipinski definition) is 5. The third-order valence-corrected chi connectivity index (χ3v) is 6.19. The Kier molecular flexibility index (Phi) is 5.77. The number of likely N-dealkylation sites (tertiary alicyclic amines) is 1. The Labute approximate surface area is 168 Å². The summed E-state index contributed by atoms with van der Waals surface area (Å²) in [5.74, 6) is 0.963. The van der Waals surface area contributed by atoms with Crippen molar-refractivity contribution in [3.63, 3.8) is 0 Å². The van der Waals surface area contributed by atoms with Gasteiger partial charge in [0.15, 0.2) is 0 Å². The van der Waals surface area contributed by atoms with Crippen LogP contribution in [0, 0.1) is 0 Å². The SMILES string of the molecule is COCCn1nc(C2CCCN(C(=O)/C=C/c3cccs3)C2)n(C2CC2)c1=O. The van der Waals surface area contributed by atoms with E-state index in [1.54, 1.807) is 24.5 Å². The number of aromatic nitrogens is 3. The lowest BCUT2D eigenvalue weighted by Crippen LogP contribution is -2.39. The fourth-order valence-electron chi connectivity index (χ4n) is 3.75. The van der Waals surface area contributed by atoms with Gasteiger partial charge in [-0.05, 0) is 43.2 Å². The molecule has 2 aromatic rings. The van der Waals surface area contributed by atoms with Crippen LogP contribution in [-0.4, -0.2) is 52.0 Å². The minimum absolute atomic E-state index is 0.0252. The highest BCUT2D eigenvalue weighted by Gasteiger charge is 2.34. The van der Waals surface area contributed by atoms with Crippen LogP contribution in [0.1, 0.15) is 48.3 Å². The molecule has 7 nitrogen and oxygen atoms in total. The first-order valence-corrected chi connectivity index (χ1v) is 10.7. The molecule has 1 atom stereocenters.